The smallest absolute Gasteiger partial charge is 0.306 e. The highest BCUT2D eigenvalue weighted by atomic mass is 16.5. The van der Waals surface area contributed by atoms with Crippen molar-refractivity contribution in [2.45, 2.75) is 97.3 Å². The van der Waals surface area contributed by atoms with Crippen molar-refractivity contribution in [3.8, 4) is 0 Å². The molecule has 5 N–H and O–H groups in total. The highest BCUT2D eigenvalue weighted by Crippen LogP contribution is 2.24. The lowest BCUT2D eigenvalue weighted by Gasteiger charge is -2.25. The third kappa shape index (κ3) is 19.4. The molecule has 4 fully saturated rings. The summed E-state index contributed by atoms with van der Waals surface area (Å²) in [7, 11) is 2.03. The van der Waals surface area contributed by atoms with E-state index in [4.69, 9.17) is 30.3 Å². The molecule has 4 rings (SSSR count). The molecule has 12 heteroatoms. The predicted molar refractivity (Wildman–Crippen MR) is 155 cm³/mol. The Bertz CT molecular complexity index is 763. The summed E-state index contributed by atoms with van der Waals surface area (Å²) < 4.78 is 4.99. The maximum Gasteiger partial charge on any atom is 0.306 e. The van der Waals surface area contributed by atoms with Gasteiger partial charge >= 0.3 is 29.8 Å². The third-order valence-corrected chi connectivity index (χ3v) is 7.79. The van der Waals surface area contributed by atoms with Crippen molar-refractivity contribution >= 4 is 29.8 Å². The van der Waals surface area contributed by atoms with E-state index in [0.29, 0.717) is 26.1 Å². The number of carbonyl (C=O) groups is 5. The topological polar surface area (TPSA) is 199 Å². The Morgan fingerprint density at radius 1 is 0.548 bits per heavy atom. The van der Waals surface area contributed by atoms with Crippen molar-refractivity contribution in [3.63, 3.8) is 0 Å². The van der Waals surface area contributed by atoms with E-state index in [2.05, 4.69) is 4.90 Å². The van der Waals surface area contributed by atoms with Crippen LogP contribution in [0.15, 0.2) is 0 Å². The molecule has 2 saturated carbocycles. The third-order valence-electron chi connectivity index (χ3n) is 7.79. The minimum absolute atomic E-state index is 0.0185. The Morgan fingerprint density at radius 2 is 0.833 bits per heavy atom. The van der Waals surface area contributed by atoms with Gasteiger partial charge in [0.2, 0.25) is 0 Å². The molecule has 0 radical (unpaired) electrons. The second kappa shape index (κ2) is 22.8. The highest BCUT2D eigenvalue weighted by Gasteiger charge is 2.23. The zero-order valence-corrected chi connectivity index (χ0v) is 25.5. The van der Waals surface area contributed by atoms with Crippen LogP contribution in [0, 0.1) is 29.6 Å². The van der Waals surface area contributed by atoms with Gasteiger partial charge in [0.1, 0.15) is 0 Å². The zero-order valence-electron chi connectivity index (χ0n) is 25.5. The molecule has 0 aromatic rings. The first-order chi connectivity index (χ1) is 19.8. The van der Waals surface area contributed by atoms with Gasteiger partial charge in [-0.3, -0.25) is 24.0 Å². The van der Waals surface area contributed by atoms with Gasteiger partial charge in [-0.15, -0.1) is 0 Å². The molecule has 42 heavy (non-hydrogen) atoms. The van der Waals surface area contributed by atoms with Gasteiger partial charge in [0.25, 0.3) is 0 Å². The van der Waals surface area contributed by atoms with Crippen LogP contribution in [0.5, 0.6) is 0 Å². The monoisotopic (exact) mass is 603 g/mol. The lowest BCUT2D eigenvalue weighted by molar-refractivity contribution is -0.145. The zero-order chi connectivity index (χ0) is 32.1. The van der Waals surface area contributed by atoms with E-state index in [0.717, 1.165) is 77.3 Å². The van der Waals surface area contributed by atoms with E-state index >= 15 is 0 Å². The first kappa shape index (κ1) is 39.3. The van der Waals surface area contributed by atoms with Crippen LogP contribution >= 0.6 is 0 Å². The number of hydrogen-bond acceptors (Lipinski definition) is 7. The minimum Gasteiger partial charge on any atom is -0.481 e. The van der Waals surface area contributed by atoms with Gasteiger partial charge in [-0.25, -0.2) is 0 Å². The molecule has 0 atom stereocenters. The number of ether oxygens (including phenoxy) is 1. The lowest BCUT2D eigenvalue weighted by atomic mass is 9.90. The predicted octanol–water partition coefficient (Wildman–Crippen LogP) is 4.55. The minimum atomic E-state index is -0.741. The number of likely N-dealkylation sites (tertiary alicyclic amines) is 1. The maximum atomic E-state index is 10.4. The van der Waals surface area contributed by atoms with Gasteiger partial charge in [0.05, 0.1) is 29.6 Å². The number of piperidine rings is 1. The first-order valence-corrected chi connectivity index (χ1v) is 15.2. The summed E-state index contributed by atoms with van der Waals surface area (Å²) in [5.74, 6) is -3.78. The van der Waals surface area contributed by atoms with Gasteiger partial charge in [-0.2, -0.15) is 0 Å². The first-order valence-electron chi connectivity index (χ1n) is 15.2. The number of nitrogens with zero attached hydrogens (tertiary/aromatic N) is 1. The molecule has 2 saturated heterocycles. The average Bonchev–Trinajstić information content (AvgIpc) is 3.51. The fourth-order valence-corrected chi connectivity index (χ4v) is 4.72. The Balaban J connectivity index is 0.000000505. The van der Waals surface area contributed by atoms with Crippen molar-refractivity contribution in [3.05, 3.63) is 0 Å². The number of carboxylic acids is 5. The quantitative estimate of drug-likeness (QED) is 0.294. The molecule has 0 spiro atoms. The van der Waals surface area contributed by atoms with Crippen molar-refractivity contribution in [2.75, 3.05) is 33.4 Å². The summed E-state index contributed by atoms with van der Waals surface area (Å²) in [6.07, 6.45) is 12.2. The molecule has 12 nitrogen and oxygen atoms in total. The molecule has 0 unspecified atom stereocenters. The lowest BCUT2D eigenvalue weighted by Crippen LogP contribution is -2.33. The highest BCUT2D eigenvalue weighted by molar-refractivity contribution is 5.71. The molecular weight excluding hydrogens is 550 g/mol. The summed E-state index contributed by atoms with van der Waals surface area (Å²) >= 11 is 0. The van der Waals surface area contributed by atoms with Crippen molar-refractivity contribution in [1.82, 2.24) is 4.90 Å². The van der Waals surface area contributed by atoms with Gasteiger partial charge in [0, 0.05) is 13.2 Å². The normalized spacial score (nSPS) is 20.2. The summed E-state index contributed by atoms with van der Waals surface area (Å²) in [6, 6.07) is 0. The molecule has 0 amide bonds. The molecule has 2 aliphatic heterocycles. The fraction of sp³-hybridized carbons (Fsp3) is 0.833. The summed E-state index contributed by atoms with van der Waals surface area (Å²) in [4.78, 5) is 53.2. The summed E-state index contributed by atoms with van der Waals surface area (Å²) in [6.45, 7) is 6.35. The van der Waals surface area contributed by atoms with E-state index in [1.807, 2.05) is 7.05 Å². The number of aliphatic carboxylic acids is 5. The number of carboxylic acid groups (broad SMARTS) is 5. The van der Waals surface area contributed by atoms with Crippen LogP contribution in [-0.4, -0.2) is 93.6 Å². The van der Waals surface area contributed by atoms with Gasteiger partial charge in [-0.05, 0) is 71.5 Å². The Labute approximate surface area is 249 Å². The van der Waals surface area contributed by atoms with E-state index < -0.39 is 29.8 Å². The second-order valence-electron chi connectivity index (χ2n) is 11.6. The standard InChI is InChI=1S/C7H13NO2.C7H12O2.C6H10O3.C6H10O2.C4H8O2/c1-8-4-2-6(3-5-8)7(9)10;8-7(9)6-4-2-1-3-5-6;7-6(8)5-1-3-9-4-2-5;7-6(8)5-3-1-2-4-5;1-3(2)4(5)6/h6H,2-5H2,1H3,(H,9,10);6H,1-5H2,(H,8,9);5H,1-4H2,(H,7,8);5H,1-4H2,(H,7,8);3H,1-2H3,(H,5,6). The molecule has 4 aliphatic rings. The van der Waals surface area contributed by atoms with E-state index in [9.17, 15) is 24.0 Å². The molecule has 0 aromatic carbocycles. The number of hydrogen-bond donors (Lipinski definition) is 5. The molecule has 2 aliphatic carbocycles. The second-order valence-corrected chi connectivity index (χ2v) is 11.6. The fourth-order valence-electron chi connectivity index (χ4n) is 4.72. The van der Waals surface area contributed by atoms with Gasteiger partial charge in [-0.1, -0.05) is 46.0 Å². The molecule has 0 bridgehead atoms. The van der Waals surface area contributed by atoms with Crippen LogP contribution < -0.4 is 0 Å². The van der Waals surface area contributed by atoms with Crippen molar-refractivity contribution in [1.29, 1.82) is 0 Å². The van der Waals surface area contributed by atoms with Crippen LogP contribution in [0.25, 0.3) is 0 Å². The summed E-state index contributed by atoms with van der Waals surface area (Å²) in [5.41, 5.74) is 0. The molecular formula is C30H53NO11. The van der Waals surface area contributed by atoms with Gasteiger partial charge in [0.15, 0.2) is 0 Å². The number of rotatable bonds is 5. The van der Waals surface area contributed by atoms with Crippen LogP contribution in [-0.2, 0) is 28.7 Å². The van der Waals surface area contributed by atoms with Crippen LogP contribution in [0.3, 0.4) is 0 Å². The molecule has 0 aromatic heterocycles. The van der Waals surface area contributed by atoms with E-state index in [1.165, 1.54) is 6.42 Å². The van der Waals surface area contributed by atoms with Crippen molar-refractivity contribution < 1.29 is 54.2 Å². The maximum absolute atomic E-state index is 10.4. The molecule has 244 valence electrons. The van der Waals surface area contributed by atoms with E-state index in [1.54, 1.807) is 13.8 Å². The van der Waals surface area contributed by atoms with Crippen LogP contribution in [0.4, 0.5) is 0 Å². The van der Waals surface area contributed by atoms with E-state index in [-0.39, 0.29) is 29.6 Å². The largest absolute Gasteiger partial charge is 0.481 e. The van der Waals surface area contributed by atoms with Crippen molar-refractivity contribution in [2.24, 2.45) is 29.6 Å². The Morgan fingerprint density at radius 3 is 1.10 bits per heavy atom. The van der Waals surface area contributed by atoms with Crippen LogP contribution in [0.1, 0.15) is 97.3 Å². The molecule has 2 heterocycles. The Kier molecular flexibility index (Phi) is 21.3. The Hall–Kier alpha value is -2.73. The van der Waals surface area contributed by atoms with Gasteiger partial charge < -0.3 is 35.2 Å². The summed E-state index contributed by atoms with van der Waals surface area (Å²) in [5, 5.41) is 42.0. The average molecular weight is 604 g/mol. The SMILES string of the molecule is CC(C)C(=O)O.CN1CCC(C(=O)O)CC1.O=C(O)C1CCCC1.O=C(O)C1CCCCC1.O=C(O)C1CCOCC1. The van der Waals surface area contributed by atoms with Crippen LogP contribution in [0.2, 0.25) is 0 Å².